The van der Waals surface area contributed by atoms with Crippen LogP contribution in [0, 0.1) is 11.7 Å². The average molecular weight is 266 g/mol. The number of aliphatic carboxylic acids is 1. The number of pyridine rings is 1. The summed E-state index contributed by atoms with van der Waals surface area (Å²) in [7, 11) is 0. The second-order valence-corrected chi connectivity index (χ2v) is 4.07. The molecule has 0 aliphatic heterocycles. The maximum Gasteiger partial charge on any atom is 0.306 e. The van der Waals surface area contributed by atoms with Crippen LogP contribution in [0.25, 0.3) is 0 Å². The number of aromatic nitrogens is 1. The molecule has 0 aliphatic rings. The van der Waals surface area contributed by atoms with Crippen molar-refractivity contribution >= 4 is 29.2 Å². The van der Waals surface area contributed by atoms with E-state index in [0.29, 0.717) is 12.0 Å². The normalized spacial score (nSPS) is 12.5. The lowest BCUT2D eigenvalue weighted by Gasteiger charge is -2.10. The SMILES string of the molecule is CCC(Cc1cc(F)c(Cl)nc1Cl)C(=O)O. The summed E-state index contributed by atoms with van der Waals surface area (Å²) in [6.07, 6.45) is 0.585. The molecule has 0 spiro atoms. The summed E-state index contributed by atoms with van der Waals surface area (Å²) in [6, 6.07) is 1.13. The lowest BCUT2D eigenvalue weighted by molar-refractivity contribution is -0.141. The van der Waals surface area contributed by atoms with Crippen molar-refractivity contribution in [3.63, 3.8) is 0 Å². The van der Waals surface area contributed by atoms with Crippen molar-refractivity contribution < 1.29 is 14.3 Å². The highest BCUT2D eigenvalue weighted by atomic mass is 35.5. The highest BCUT2D eigenvalue weighted by Gasteiger charge is 2.19. The van der Waals surface area contributed by atoms with Crippen LogP contribution in [-0.4, -0.2) is 16.1 Å². The second-order valence-electron chi connectivity index (χ2n) is 3.36. The zero-order chi connectivity index (χ0) is 12.3. The molecule has 0 saturated carbocycles. The Labute approximate surface area is 102 Å². The molecule has 1 rings (SSSR count). The second kappa shape index (κ2) is 5.46. The number of carbonyl (C=O) groups is 1. The van der Waals surface area contributed by atoms with E-state index in [4.69, 9.17) is 28.3 Å². The van der Waals surface area contributed by atoms with Gasteiger partial charge in [0.2, 0.25) is 0 Å². The zero-order valence-electron chi connectivity index (χ0n) is 8.51. The lowest BCUT2D eigenvalue weighted by atomic mass is 9.98. The quantitative estimate of drug-likeness (QED) is 0.851. The molecule has 0 bridgehead atoms. The third kappa shape index (κ3) is 3.06. The molecule has 1 aromatic rings. The molecular weight excluding hydrogens is 256 g/mol. The Morgan fingerprint density at radius 3 is 2.69 bits per heavy atom. The Morgan fingerprint density at radius 1 is 1.56 bits per heavy atom. The predicted molar refractivity (Wildman–Crippen MR) is 59.3 cm³/mol. The summed E-state index contributed by atoms with van der Waals surface area (Å²) in [5.41, 5.74) is 0.359. The Hall–Kier alpha value is -0.870. The molecule has 3 nitrogen and oxygen atoms in total. The van der Waals surface area contributed by atoms with Crippen molar-refractivity contribution in [3.05, 3.63) is 27.8 Å². The van der Waals surface area contributed by atoms with Crippen molar-refractivity contribution in [1.82, 2.24) is 4.98 Å². The Kier molecular flexibility index (Phi) is 4.50. The fourth-order valence-corrected chi connectivity index (χ4v) is 1.70. The number of carboxylic acids is 1. The van der Waals surface area contributed by atoms with E-state index >= 15 is 0 Å². The number of rotatable bonds is 4. The maximum atomic E-state index is 13.1. The lowest BCUT2D eigenvalue weighted by Crippen LogP contribution is -2.16. The third-order valence-electron chi connectivity index (χ3n) is 2.27. The molecule has 1 aromatic heterocycles. The number of nitrogens with zero attached hydrogens (tertiary/aromatic N) is 1. The maximum absolute atomic E-state index is 13.1. The van der Waals surface area contributed by atoms with E-state index in [9.17, 15) is 9.18 Å². The Balaban J connectivity index is 2.96. The van der Waals surface area contributed by atoms with Crippen molar-refractivity contribution in [1.29, 1.82) is 0 Å². The van der Waals surface area contributed by atoms with Crippen molar-refractivity contribution in [2.24, 2.45) is 5.92 Å². The first-order valence-electron chi connectivity index (χ1n) is 4.69. The van der Waals surface area contributed by atoms with Gasteiger partial charge in [0.05, 0.1) is 5.92 Å². The average Bonchev–Trinajstić information content (AvgIpc) is 2.21. The molecule has 1 atom stereocenters. The van der Waals surface area contributed by atoms with E-state index in [-0.39, 0.29) is 16.7 Å². The van der Waals surface area contributed by atoms with E-state index < -0.39 is 17.7 Å². The summed E-state index contributed by atoms with van der Waals surface area (Å²) < 4.78 is 13.1. The van der Waals surface area contributed by atoms with Crippen molar-refractivity contribution in [2.75, 3.05) is 0 Å². The number of hydrogen-bond acceptors (Lipinski definition) is 2. The fourth-order valence-electron chi connectivity index (χ4n) is 1.30. The highest BCUT2D eigenvalue weighted by Crippen LogP contribution is 2.23. The molecule has 16 heavy (non-hydrogen) atoms. The van der Waals surface area contributed by atoms with Crippen LogP contribution in [0.3, 0.4) is 0 Å². The smallest absolute Gasteiger partial charge is 0.306 e. The van der Waals surface area contributed by atoms with Crippen LogP contribution in [0.5, 0.6) is 0 Å². The molecule has 88 valence electrons. The van der Waals surface area contributed by atoms with Crippen LogP contribution in [0.2, 0.25) is 10.3 Å². The first-order chi connectivity index (χ1) is 7.45. The number of carboxylic acid groups (broad SMARTS) is 1. The van der Waals surface area contributed by atoms with Gasteiger partial charge in [-0.05, 0) is 24.5 Å². The van der Waals surface area contributed by atoms with Gasteiger partial charge in [-0.25, -0.2) is 9.37 Å². The van der Waals surface area contributed by atoms with Crippen LogP contribution in [0.1, 0.15) is 18.9 Å². The molecule has 1 N–H and O–H groups in total. The van der Waals surface area contributed by atoms with Gasteiger partial charge >= 0.3 is 5.97 Å². The number of halogens is 3. The van der Waals surface area contributed by atoms with Crippen molar-refractivity contribution in [3.8, 4) is 0 Å². The molecular formula is C10H10Cl2FNO2. The first-order valence-corrected chi connectivity index (χ1v) is 5.44. The highest BCUT2D eigenvalue weighted by molar-refractivity contribution is 6.32. The largest absolute Gasteiger partial charge is 0.481 e. The minimum absolute atomic E-state index is 0.0473. The van der Waals surface area contributed by atoms with Gasteiger partial charge in [0.25, 0.3) is 0 Å². The number of hydrogen-bond donors (Lipinski definition) is 1. The van der Waals surface area contributed by atoms with Gasteiger partial charge in [0.1, 0.15) is 5.15 Å². The molecule has 0 fully saturated rings. The van der Waals surface area contributed by atoms with Crippen LogP contribution in [-0.2, 0) is 11.2 Å². The summed E-state index contributed by atoms with van der Waals surface area (Å²) >= 11 is 11.2. The van der Waals surface area contributed by atoms with E-state index in [2.05, 4.69) is 4.98 Å². The molecule has 1 heterocycles. The van der Waals surface area contributed by atoms with Gasteiger partial charge in [0.15, 0.2) is 11.0 Å². The molecule has 6 heteroatoms. The van der Waals surface area contributed by atoms with Gasteiger partial charge < -0.3 is 5.11 Å². The standard InChI is InChI=1S/C10H10Cl2FNO2/c1-2-5(10(15)16)3-6-4-7(13)9(12)14-8(6)11/h4-5H,2-3H2,1H3,(H,15,16). The molecule has 0 saturated heterocycles. The summed E-state index contributed by atoms with van der Waals surface area (Å²) in [6.45, 7) is 1.74. The summed E-state index contributed by atoms with van der Waals surface area (Å²) in [5.74, 6) is -2.23. The van der Waals surface area contributed by atoms with Gasteiger partial charge in [-0.1, -0.05) is 30.1 Å². The Bertz CT molecular complexity index is 412. The van der Waals surface area contributed by atoms with E-state index in [1.165, 1.54) is 0 Å². The minimum atomic E-state index is -0.936. The monoisotopic (exact) mass is 265 g/mol. The van der Waals surface area contributed by atoms with Crippen LogP contribution in [0.15, 0.2) is 6.07 Å². The summed E-state index contributed by atoms with van der Waals surface area (Å²) in [5, 5.41) is 8.61. The van der Waals surface area contributed by atoms with Crippen LogP contribution in [0.4, 0.5) is 4.39 Å². The Morgan fingerprint density at radius 2 is 2.19 bits per heavy atom. The molecule has 0 amide bonds. The van der Waals surface area contributed by atoms with Gasteiger partial charge in [-0.3, -0.25) is 4.79 Å². The predicted octanol–water partition coefficient (Wildman–Crippen LogP) is 3.18. The molecule has 1 unspecified atom stereocenters. The van der Waals surface area contributed by atoms with E-state index in [1.54, 1.807) is 6.92 Å². The third-order valence-corrected chi connectivity index (χ3v) is 2.86. The van der Waals surface area contributed by atoms with Crippen LogP contribution >= 0.6 is 23.2 Å². The zero-order valence-corrected chi connectivity index (χ0v) is 10.0. The topological polar surface area (TPSA) is 50.2 Å². The molecule has 0 radical (unpaired) electrons. The molecule has 0 aliphatic carbocycles. The van der Waals surface area contributed by atoms with E-state index in [0.717, 1.165) is 6.07 Å². The van der Waals surface area contributed by atoms with Gasteiger partial charge in [-0.15, -0.1) is 0 Å². The van der Waals surface area contributed by atoms with Gasteiger partial charge in [0, 0.05) is 0 Å². The minimum Gasteiger partial charge on any atom is -0.481 e. The summed E-state index contributed by atoms with van der Waals surface area (Å²) in [4.78, 5) is 14.4. The van der Waals surface area contributed by atoms with E-state index in [1.807, 2.05) is 0 Å². The first kappa shape index (κ1) is 13.2. The van der Waals surface area contributed by atoms with Crippen LogP contribution < -0.4 is 0 Å². The fraction of sp³-hybridized carbons (Fsp3) is 0.400. The molecule has 0 aromatic carbocycles. The van der Waals surface area contributed by atoms with Crippen molar-refractivity contribution in [2.45, 2.75) is 19.8 Å². The van der Waals surface area contributed by atoms with Gasteiger partial charge in [-0.2, -0.15) is 0 Å².